The molecule has 92 valence electrons. The summed E-state index contributed by atoms with van der Waals surface area (Å²) in [4.78, 5) is 3.96. The lowest BCUT2D eigenvalue weighted by molar-refractivity contribution is 0.627. The van der Waals surface area contributed by atoms with Gasteiger partial charge in [-0.3, -0.25) is 4.98 Å². The van der Waals surface area contributed by atoms with Crippen molar-refractivity contribution < 1.29 is 4.39 Å². The first kappa shape index (κ1) is 12.1. The largest absolute Gasteiger partial charge is 0.397 e. The standard InChI is InChI=1S/C14H14FN3/c1-17-14(11-6-8-18-9-7-11)13(16)10-2-4-12(15)5-3-10/h2-9,17H,16H2,1H3/b14-13-. The third-order valence-electron chi connectivity index (χ3n) is 2.64. The monoisotopic (exact) mass is 243 g/mol. The fourth-order valence-electron chi connectivity index (χ4n) is 1.73. The van der Waals surface area contributed by atoms with Crippen molar-refractivity contribution in [2.45, 2.75) is 0 Å². The molecule has 1 aromatic carbocycles. The Morgan fingerprint density at radius 1 is 1.06 bits per heavy atom. The van der Waals surface area contributed by atoms with Crippen molar-refractivity contribution >= 4 is 11.4 Å². The molecule has 0 aliphatic heterocycles. The highest BCUT2D eigenvalue weighted by Gasteiger charge is 2.07. The quantitative estimate of drug-likeness (QED) is 0.869. The van der Waals surface area contributed by atoms with Crippen molar-refractivity contribution in [2.24, 2.45) is 5.73 Å². The van der Waals surface area contributed by atoms with Gasteiger partial charge in [0.25, 0.3) is 0 Å². The average Bonchev–Trinajstić information content (AvgIpc) is 2.41. The number of pyridine rings is 1. The lowest BCUT2D eigenvalue weighted by Crippen LogP contribution is -2.12. The van der Waals surface area contributed by atoms with E-state index in [1.807, 2.05) is 12.1 Å². The number of rotatable bonds is 3. The molecule has 0 amide bonds. The SMILES string of the molecule is CN/C(=C(\N)c1ccc(F)cc1)c1ccncc1. The van der Waals surface area contributed by atoms with Crippen molar-refractivity contribution in [3.8, 4) is 0 Å². The fourth-order valence-corrected chi connectivity index (χ4v) is 1.73. The zero-order valence-corrected chi connectivity index (χ0v) is 10.0. The molecule has 1 heterocycles. The van der Waals surface area contributed by atoms with Crippen LogP contribution in [0.15, 0.2) is 48.8 Å². The summed E-state index contributed by atoms with van der Waals surface area (Å²) in [6.07, 6.45) is 3.40. The molecule has 4 heteroatoms. The number of halogens is 1. The molecule has 2 rings (SSSR count). The van der Waals surface area contributed by atoms with Crippen LogP contribution in [0.4, 0.5) is 4.39 Å². The van der Waals surface area contributed by atoms with Crippen molar-refractivity contribution in [1.82, 2.24) is 10.3 Å². The van der Waals surface area contributed by atoms with Crippen LogP contribution in [0.1, 0.15) is 11.1 Å². The van der Waals surface area contributed by atoms with E-state index < -0.39 is 0 Å². The van der Waals surface area contributed by atoms with Crippen molar-refractivity contribution in [3.63, 3.8) is 0 Å². The third-order valence-corrected chi connectivity index (χ3v) is 2.64. The topological polar surface area (TPSA) is 50.9 Å². The van der Waals surface area contributed by atoms with Crippen molar-refractivity contribution in [1.29, 1.82) is 0 Å². The van der Waals surface area contributed by atoms with Crippen LogP contribution in [0.5, 0.6) is 0 Å². The zero-order valence-electron chi connectivity index (χ0n) is 10.0. The molecular weight excluding hydrogens is 229 g/mol. The molecule has 0 bridgehead atoms. The summed E-state index contributed by atoms with van der Waals surface area (Å²) in [7, 11) is 1.80. The van der Waals surface area contributed by atoms with Crippen LogP contribution in [0.25, 0.3) is 11.4 Å². The van der Waals surface area contributed by atoms with Gasteiger partial charge in [-0.2, -0.15) is 0 Å². The first-order chi connectivity index (χ1) is 8.72. The van der Waals surface area contributed by atoms with Gasteiger partial charge in [0.1, 0.15) is 5.82 Å². The molecule has 2 aromatic rings. The van der Waals surface area contributed by atoms with E-state index in [1.165, 1.54) is 12.1 Å². The van der Waals surface area contributed by atoms with Gasteiger partial charge < -0.3 is 11.1 Å². The Balaban J connectivity index is 2.47. The molecule has 0 saturated heterocycles. The van der Waals surface area contributed by atoms with Crippen LogP contribution >= 0.6 is 0 Å². The van der Waals surface area contributed by atoms with E-state index in [4.69, 9.17) is 5.73 Å². The minimum Gasteiger partial charge on any atom is -0.397 e. The Hall–Kier alpha value is -2.36. The molecule has 3 nitrogen and oxygen atoms in total. The summed E-state index contributed by atoms with van der Waals surface area (Å²) < 4.78 is 12.9. The van der Waals surface area contributed by atoms with Crippen molar-refractivity contribution in [3.05, 3.63) is 65.7 Å². The molecule has 0 spiro atoms. The third kappa shape index (κ3) is 2.48. The molecule has 0 radical (unpaired) electrons. The minimum absolute atomic E-state index is 0.276. The van der Waals surface area contributed by atoms with Crippen LogP contribution in [-0.4, -0.2) is 12.0 Å². The first-order valence-electron chi connectivity index (χ1n) is 5.56. The van der Waals surface area contributed by atoms with E-state index in [1.54, 1.807) is 31.6 Å². The molecule has 0 atom stereocenters. The maximum absolute atomic E-state index is 12.9. The highest BCUT2D eigenvalue weighted by Crippen LogP contribution is 2.19. The van der Waals surface area contributed by atoms with Crippen LogP contribution in [0.2, 0.25) is 0 Å². The number of benzene rings is 1. The van der Waals surface area contributed by atoms with Gasteiger partial charge in [-0.1, -0.05) is 0 Å². The van der Waals surface area contributed by atoms with E-state index in [0.717, 1.165) is 16.8 Å². The molecule has 0 fully saturated rings. The van der Waals surface area contributed by atoms with E-state index in [9.17, 15) is 4.39 Å². The smallest absolute Gasteiger partial charge is 0.123 e. The summed E-state index contributed by atoms with van der Waals surface area (Å²) in [6, 6.07) is 9.82. The second kappa shape index (κ2) is 5.31. The molecule has 1 aromatic heterocycles. The molecule has 0 aliphatic rings. The minimum atomic E-state index is -0.276. The van der Waals surface area contributed by atoms with E-state index in [0.29, 0.717) is 5.70 Å². The predicted octanol–water partition coefficient (Wildman–Crippen LogP) is 2.22. The van der Waals surface area contributed by atoms with Gasteiger partial charge in [0, 0.05) is 25.0 Å². The summed E-state index contributed by atoms with van der Waals surface area (Å²) in [5.74, 6) is -0.276. The molecular formula is C14H14FN3. The van der Waals surface area contributed by atoms with Crippen LogP contribution in [0, 0.1) is 5.82 Å². The van der Waals surface area contributed by atoms with Gasteiger partial charge in [0.05, 0.1) is 11.4 Å². The number of nitrogens with two attached hydrogens (primary N) is 1. The number of aromatic nitrogens is 1. The molecule has 0 unspecified atom stereocenters. The maximum atomic E-state index is 12.9. The fraction of sp³-hybridized carbons (Fsp3) is 0.0714. The lowest BCUT2D eigenvalue weighted by atomic mass is 10.1. The van der Waals surface area contributed by atoms with Gasteiger partial charge in [-0.05, 0) is 42.0 Å². The molecule has 18 heavy (non-hydrogen) atoms. The second-order valence-electron chi connectivity index (χ2n) is 3.78. The van der Waals surface area contributed by atoms with E-state index in [2.05, 4.69) is 10.3 Å². The number of hydrogen-bond acceptors (Lipinski definition) is 3. The van der Waals surface area contributed by atoms with Gasteiger partial charge >= 0.3 is 0 Å². The highest BCUT2D eigenvalue weighted by atomic mass is 19.1. The Morgan fingerprint density at radius 2 is 1.67 bits per heavy atom. The average molecular weight is 243 g/mol. The number of nitrogens with one attached hydrogen (secondary N) is 1. The summed E-state index contributed by atoms with van der Waals surface area (Å²) in [5, 5.41) is 3.06. The first-order valence-corrected chi connectivity index (χ1v) is 5.56. The maximum Gasteiger partial charge on any atom is 0.123 e. The summed E-state index contributed by atoms with van der Waals surface area (Å²) >= 11 is 0. The van der Waals surface area contributed by atoms with Gasteiger partial charge in [0.2, 0.25) is 0 Å². The lowest BCUT2D eigenvalue weighted by Gasteiger charge is -2.12. The van der Waals surface area contributed by atoms with E-state index >= 15 is 0 Å². The second-order valence-corrected chi connectivity index (χ2v) is 3.78. The molecule has 3 N–H and O–H groups in total. The normalized spacial score (nSPS) is 11.9. The summed E-state index contributed by atoms with van der Waals surface area (Å²) in [5.41, 5.74) is 9.19. The van der Waals surface area contributed by atoms with Gasteiger partial charge in [-0.15, -0.1) is 0 Å². The van der Waals surface area contributed by atoms with Crippen LogP contribution in [-0.2, 0) is 0 Å². The van der Waals surface area contributed by atoms with E-state index in [-0.39, 0.29) is 5.82 Å². The number of nitrogens with zero attached hydrogens (tertiary/aromatic N) is 1. The van der Waals surface area contributed by atoms with Gasteiger partial charge in [-0.25, -0.2) is 4.39 Å². The Morgan fingerprint density at radius 3 is 2.22 bits per heavy atom. The molecule has 0 saturated carbocycles. The number of hydrogen-bond donors (Lipinski definition) is 2. The Kier molecular flexibility index (Phi) is 3.57. The highest BCUT2D eigenvalue weighted by molar-refractivity contribution is 5.87. The summed E-state index contributed by atoms with van der Waals surface area (Å²) in [6.45, 7) is 0. The van der Waals surface area contributed by atoms with Gasteiger partial charge in [0.15, 0.2) is 0 Å². The zero-order chi connectivity index (χ0) is 13.0. The predicted molar refractivity (Wildman–Crippen MR) is 70.7 cm³/mol. The molecule has 0 aliphatic carbocycles. The van der Waals surface area contributed by atoms with Crippen LogP contribution in [0.3, 0.4) is 0 Å². The van der Waals surface area contributed by atoms with Crippen molar-refractivity contribution in [2.75, 3.05) is 7.05 Å². The Bertz CT molecular complexity index is 547. The van der Waals surface area contributed by atoms with Crippen LogP contribution < -0.4 is 11.1 Å². The Labute approximate surface area is 105 Å².